The van der Waals surface area contributed by atoms with Crippen molar-refractivity contribution in [2.45, 2.75) is 18.6 Å². The molecule has 0 radical (unpaired) electrons. The van der Waals surface area contributed by atoms with Crippen molar-refractivity contribution in [3.8, 4) is 0 Å². The SMILES string of the molecule is O=C(CSCc1ccc(Cl)cc1)Nc1ccc2c3c(cccc13)CC2. The van der Waals surface area contributed by atoms with E-state index in [4.69, 9.17) is 11.6 Å². The van der Waals surface area contributed by atoms with E-state index in [-0.39, 0.29) is 5.91 Å². The Labute approximate surface area is 156 Å². The van der Waals surface area contributed by atoms with Crippen LogP contribution in [0.5, 0.6) is 0 Å². The van der Waals surface area contributed by atoms with E-state index in [9.17, 15) is 4.79 Å². The minimum absolute atomic E-state index is 0.0395. The molecule has 0 fully saturated rings. The van der Waals surface area contributed by atoms with Gasteiger partial charge in [0.1, 0.15) is 0 Å². The van der Waals surface area contributed by atoms with Crippen LogP contribution in [0.3, 0.4) is 0 Å². The third-order valence-electron chi connectivity index (χ3n) is 4.57. The largest absolute Gasteiger partial charge is 0.325 e. The lowest BCUT2D eigenvalue weighted by Crippen LogP contribution is -2.14. The number of rotatable bonds is 5. The van der Waals surface area contributed by atoms with Crippen LogP contribution in [-0.2, 0) is 23.4 Å². The molecule has 0 saturated carbocycles. The van der Waals surface area contributed by atoms with Crippen LogP contribution in [0.1, 0.15) is 16.7 Å². The van der Waals surface area contributed by atoms with Gasteiger partial charge in [-0.1, -0.05) is 48.0 Å². The molecule has 3 aromatic rings. The molecule has 0 saturated heterocycles. The third kappa shape index (κ3) is 3.53. The van der Waals surface area contributed by atoms with Crippen molar-refractivity contribution in [3.05, 3.63) is 76.3 Å². The van der Waals surface area contributed by atoms with E-state index in [1.54, 1.807) is 11.8 Å². The van der Waals surface area contributed by atoms with Crippen LogP contribution in [0.2, 0.25) is 5.02 Å². The van der Waals surface area contributed by atoms with E-state index >= 15 is 0 Å². The van der Waals surface area contributed by atoms with Crippen molar-refractivity contribution < 1.29 is 4.79 Å². The Bertz CT molecular complexity index is 926. The monoisotopic (exact) mass is 367 g/mol. The fourth-order valence-corrected chi connectivity index (χ4v) is 4.30. The zero-order valence-corrected chi connectivity index (χ0v) is 15.3. The van der Waals surface area contributed by atoms with Crippen LogP contribution in [-0.4, -0.2) is 11.7 Å². The van der Waals surface area contributed by atoms with E-state index in [2.05, 4.69) is 29.6 Å². The molecule has 1 amide bonds. The van der Waals surface area contributed by atoms with Crippen LogP contribution in [0, 0.1) is 0 Å². The quantitative estimate of drug-likeness (QED) is 0.648. The van der Waals surface area contributed by atoms with Crippen LogP contribution in [0.25, 0.3) is 10.8 Å². The van der Waals surface area contributed by atoms with E-state index in [1.165, 1.54) is 22.1 Å². The first kappa shape index (κ1) is 16.5. The molecular formula is C21H18ClNOS. The molecule has 0 unspecified atom stereocenters. The molecule has 1 aliphatic carbocycles. The van der Waals surface area contributed by atoms with Crippen LogP contribution >= 0.6 is 23.4 Å². The van der Waals surface area contributed by atoms with Gasteiger partial charge in [-0.05, 0) is 53.1 Å². The number of nitrogens with one attached hydrogen (secondary N) is 1. The van der Waals surface area contributed by atoms with Crippen LogP contribution < -0.4 is 5.32 Å². The first-order valence-corrected chi connectivity index (χ1v) is 9.89. The van der Waals surface area contributed by atoms with Gasteiger partial charge >= 0.3 is 0 Å². The lowest BCUT2D eigenvalue weighted by molar-refractivity contribution is -0.113. The average molecular weight is 368 g/mol. The first-order chi connectivity index (χ1) is 12.2. The van der Waals surface area contributed by atoms with Gasteiger partial charge in [-0.25, -0.2) is 0 Å². The van der Waals surface area contributed by atoms with Crippen LogP contribution in [0.15, 0.2) is 54.6 Å². The number of hydrogen-bond acceptors (Lipinski definition) is 2. The number of thioether (sulfide) groups is 1. The predicted molar refractivity (Wildman–Crippen MR) is 108 cm³/mol. The minimum atomic E-state index is 0.0395. The summed E-state index contributed by atoms with van der Waals surface area (Å²) in [6.07, 6.45) is 2.20. The lowest BCUT2D eigenvalue weighted by Gasteiger charge is -2.10. The van der Waals surface area contributed by atoms with Gasteiger partial charge in [0.25, 0.3) is 0 Å². The highest BCUT2D eigenvalue weighted by Crippen LogP contribution is 2.35. The molecule has 4 heteroatoms. The van der Waals surface area contributed by atoms with E-state index < -0.39 is 0 Å². The maximum absolute atomic E-state index is 12.3. The van der Waals surface area contributed by atoms with E-state index in [0.717, 1.165) is 34.7 Å². The summed E-state index contributed by atoms with van der Waals surface area (Å²) < 4.78 is 0. The van der Waals surface area contributed by atoms with Crippen molar-refractivity contribution in [2.75, 3.05) is 11.1 Å². The summed E-state index contributed by atoms with van der Waals surface area (Å²) in [6, 6.07) is 18.3. The zero-order valence-electron chi connectivity index (χ0n) is 13.7. The highest BCUT2D eigenvalue weighted by Gasteiger charge is 2.16. The van der Waals surface area contributed by atoms with Gasteiger partial charge in [0, 0.05) is 21.8 Å². The Morgan fingerprint density at radius 3 is 2.56 bits per heavy atom. The normalized spacial score (nSPS) is 12.5. The highest BCUT2D eigenvalue weighted by atomic mass is 35.5. The maximum Gasteiger partial charge on any atom is 0.234 e. The molecule has 0 spiro atoms. The molecule has 1 aliphatic rings. The molecule has 2 nitrogen and oxygen atoms in total. The van der Waals surface area contributed by atoms with Crippen molar-refractivity contribution in [3.63, 3.8) is 0 Å². The van der Waals surface area contributed by atoms with Crippen molar-refractivity contribution >= 4 is 45.7 Å². The van der Waals surface area contributed by atoms with E-state index in [0.29, 0.717) is 5.75 Å². The molecule has 126 valence electrons. The van der Waals surface area contributed by atoms with Crippen molar-refractivity contribution in [1.29, 1.82) is 0 Å². The second-order valence-corrected chi connectivity index (χ2v) is 7.70. The molecule has 0 aromatic heterocycles. The number of halogens is 1. The molecule has 3 aromatic carbocycles. The molecular weight excluding hydrogens is 350 g/mol. The van der Waals surface area contributed by atoms with Crippen LogP contribution in [0.4, 0.5) is 5.69 Å². The first-order valence-electron chi connectivity index (χ1n) is 8.36. The number of anilines is 1. The topological polar surface area (TPSA) is 29.1 Å². The second-order valence-electron chi connectivity index (χ2n) is 6.28. The predicted octanol–water partition coefficient (Wildman–Crippen LogP) is 5.46. The summed E-state index contributed by atoms with van der Waals surface area (Å²) >= 11 is 7.50. The number of carbonyl (C=O) groups excluding carboxylic acids is 1. The van der Waals surface area contributed by atoms with E-state index in [1.807, 2.05) is 30.3 Å². The molecule has 0 heterocycles. The minimum Gasteiger partial charge on any atom is -0.325 e. The summed E-state index contributed by atoms with van der Waals surface area (Å²) in [7, 11) is 0. The number of amides is 1. The number of benzene rings is 3. The Hall–Kier alpha value is -1.97. The van der Waals surface area contributed by atoms with Crippen molar-refractivity contribution in [2.24, 2.45) is 0 Å². The summed E-state index contributed by atoms with van der Waals surface area (Å²) in [6.45, 7) is 0. The fourth-order valence-electron chi connectivity index (χ4n) is 3.38. The van der Waals surface area contributed by atoms with Gasteiger partial charge < -0.3 is 5.32 Å². The number of carbonyl (C=O) groups is 1. The Balaban J connectivity index is 1.41. The number of aryl methyl sites for hydroxylation is 2. The Kier molecular flexibility index (Phi) is 4.69. The average Bonchev–Trinajstić information content (AvgIpc) is 3.04. The standard InChI is InChI=1S/C21H18ClNOS/c22-17-9-4-14(5-10-17)12-25-13-20(24)23-19-11-8-16-7-6-15-2-1-3-18(19)21(15)16/h1-5,8-11H,6-7,12-13H2,(H,23,24). The Morgan fingerprint density at radius 1 is 1.00 bits per heavy atom. The smallest absolute Gasteiger partial charge is 0.234 e. The lowest BCUT2D eigenvalue weighted by atomic mass is 10.0. The highest BCUT2D eigenvalue weighted by molar-refractivity contribution is 7.99. The summed E-state index contributed by atoms with van der Waals surface area (Å²) in [5.41, 5.74) is 4.87. The second kappa shape index (κ2) is 7.11. The Morgan fingerprint density at radius 2 is 1.76 bits per heavy atom. The molecule has 0 aliphatic heterocycles. The summed E-state index contributed by atoms with van der Waals surface area (Å²) in [4.78, 5) is 12.3. The fraction of sp³-hybridized carbons (Fsp3) is 0.190. The molecule has 25 heavy (non-hydrogen) atoms. The molecule has 4 rings (SSSR count). The van der Waals surface area contributed by atoms with Gasteiger partial charge in [0.05, 0.1) is 5.75 Å². The number of hydrogen-bond donors (Lipinski definition) is 1. The molecule has 0 bridgehead atoms. The van der Waals surface area contributed by atoms with Crippen molar-refractivity contribution in [1.82, 2.24) is 0 Å². The van der Waals surface area contributed by atoms with Gasteiger partial charge in [-0.2, -0.15) is 0 Å². The van der Waals surface area contributed by atoms with Gasteiger partial charge in [0.15, 0.2) is 0 Å². The zero-order chi connectivity index (χ0) is 17.2. The summed E-state index contributed by atoms with van der Waals surface area (Å²) in [5.74, 6) is 1.28. The van der Waals surface area contributed by atoms with Gasteiger partial charge in [-0.3, -0.25) is 4.79 Å². The summed E-state index contributed by atoms with van der Waals surface area (Å²) in [5, 5.41) is 6.30. The van der Waals surface area contributed by atoms with Gasteiger partial charge in [0.2, 0.25) is 5.91 Å². The van der Waals surface area contributed by atoms with Gasteiger partial charge in [-0.15, -0.1) is 11.8 Å². The molecule has 1 N–H and O–H groups in total. The molecule has 0 atom stereocenters. The third-order valence-corrected chi connectivity index (χ3v) is 5.82. The maximum atomic E-state index is 12.3.